The van der Waals surface area contributed by atoms with E-state index in [9.17, 15) is 9.59 Å². The van der Waals surface area contributed by atoms with Crippen LogP contribution in [0.15, 0.2) is 45.6 Å². The first-order valence-corrected chi connectivity index (χ1v) is 7.35. The molecule has 6 heteroatoms. The van der Waals surface area contributed by atoms with Crippen LogP contribution in [0, 0.1) is 6.92 Å². The van der Waals surface area contributed by atoms with Crippen LogP contribution in [0.2, 0.25) is 0 Å². The molecule has 0 saturated heterocycles. The highest BCUT2D eigenvalue weighted by Crippen LogP contribution is 2.30. The van der Waals surface area contributed by atoms with Crippen molar-refractivity contribution in [3.05, 3.63) is 52.4 Å². The van der Waals surface area contributed by atoms with Crippen molar-refractivity contribution in [3.8, 4) is 5.75 Å². The Morgan fingerprint density at radius 3 is 2.50 bits per heavy atom. The molecule has 0 radical (unpaired) electrons. The van der Waals surface area contributed by atoms with Gasteiger partial charge in [0.05, 0.1) is 12.0 Å². The monoisotopic (exact) mass is 330 g/mol. The zero-order valence-electron chi connectivity index (χ0n) is 13.4. The van der Waals surface area contributed by atoms with E-state index in [1.165, 1.54) is 0 Å². The van der Waals surface area contributed by atoms with Crippen LogP contribution >= 0.6 is 0 Å². The molecule has 0 aliphatic carbocycles. The predicted octanol–water partition coefficient (Wildman–Crippen LogP) is 2.37. The van der Waals surface area contributed by atoms with Crippen LogP contribution in [0.5, 0.6) is 5.75 Å². The Morgan fingerprint density at radius 2 is 1.79 bits per heavy atom. The number of esters is 1. The van der Waals surface area contributed by atoms with Crippen LogP contribution in [0.4, 0.5) is 0 Å². The highest BCUT2D eigenvalue weighted by molar-refractivity contribution is 6.05. The van der Waals surface area contributed by atoms with E-state index >= 15 is 0 Å². The number of fused-ring (bicyclic) bond motifs is 3. The van der Waals surface area contributed by atoms with Gasteiger partial charge in [0.15, 0.2) is 6.61 Å². The van der Waals surface area contributed by atoms with Gasteiger partial charge >= 0.3 is 11.6 Å². The molecular weight excluding hydrogens is 312 g/mol. The summed E-state index contributed by atoms with van der Waals surface area (Å²) in [4.78, 5) is 23.5. The predicted molar refractivity (Wildman–Crippen MR) is 90.5 cm³/mol. The molecule has 0 bridgehead atoms. The van der Waals surface area contributed by atoms with Crippen LogP contribution in [0.1, 0.15) is 12.5 Å². The van der Waals surface area contributed by atoms with Gasteiger partial charge in [-0.1, -0.05) is 18.2 Å². The molecule has 2 aromatic carbocycles. The highest BCUT2D eigenvalue weighted by Gasteiger charge is 2.13. The quantitative estimate of drug-likeness (QED) is 0.415. The minimum atomic E-state index is -0.438. The average Bonchev–Trinajstić information content (AvgIpc) is 2.55. The van der Waals surface area contributed by atoms with E-state index < -0.39 is 11.6 Å². The number of ether oxygens (including phenoxy) is 2. The third kappa shape index (κ3) is 3.09. The molecule has 0 aliphatic heterocycles. The number of aryl methyl sites for hydroxylation is 1. The summed E-state index contributed by atoms with van der Waals surface area (Å²) in [6, 6.07) is 10.9. The van der Waals surface area contributed by atoms with Gasteiger partial charge in [-0.25, -0.2) is 9.59 Å². The minimum Gasteiger partial charge on any atom is -0.481 e. The van der Waals surface area contributed by atoms with Gasteiger partial charge in [-0.2, -0.15) is 0 Å². The van der Waals surface area contributed by atoms with Crippen LogP contribution in [0.25, 0.3) is 21.7 Å². The SMILES string of the molecule is CCOC(=O)COc1ccc2c(oc(=O)c3ccccc32)c1C.O. The molecule has 0 unspecified atom stereocenters. The molecule has 1 heterocycles. The van der Waals surface area contributed by atoms with E-state index in [2.05, 4.69) is 0 Å². The van der Waals surface area contributed by atoms with E-state index in [-0.39, 0.29) is 12.1 Å². The highest BCUT2D eigenvalue weighted by atomic mass is 16.6. The summed E-state index contributed by atoms with van der Waals surface area (Å²) in [6.45, 7) is 3.65. The Morgan fingerprint density at radius 1 is 1.08 bits per heavy atom. The van der Waals surface area contributed by atoms with Crippen molar-refractivity contribution in [3.63, 3.8) is 0 Å². The van der Waals surface area contributed by atoms with Gasteiger partial charge in [-0.15, -0.1) is 0 Å². The summed E-state index contributed by atoms with van der Waals surface area (Å²) < 4.78 is 15.8. The average molecular weight is 330 g/mol. The third-order valence-corrected chi connectivity index (χ3v) is 3.64. The number of hydrogen-bond donors (Lipinski definition) is 0. The fourth-order valence-electron chi connectivity index (χ4n) is 2.56. The van der Waals surface area contributed by atoms with Crippen LogP contribution in [-0.2, 0) is 9.53 Å². The number of rotatable bonds is 4. The van der Waals surface area contributed by atoms with Gasteiger partial charge in [-0.05, 0) is 37.4 Å². The molecule has 0 fully saturated rings. The third-order valence-electron chi connectivity index (χ3n) is 3.64. The first-order chi connectivity index (χ1) is 11.1. The first-order valence-electron chi connectivity index (χ1n) is 7.35. The van der Waals surface area contributed by atoms with Crippen molar-refractivity contribution in [2.45, 2.75) is 13.8 Å². The Kier molecular flexibility index (Phi) is 5.21. The molecule has 6 nitrogen and oxygen atoms in total. The molecule has 2 N–H and O–H groups in total. The van der Waals surface area contributed by atoms with E-state index in [1.807, 2.05) is 18.2 Å². The lowest BCUT2D eigenvalue weighted by atomic mass is 10.0. The second kappa shape index (κ2) is 7.14. The largest absolute Gasteiger partial charge is 0.481 e. The fraction of sp³-hybridized carbons (Fsp3) is 0.222. The molecule has 0 atom stereocenters. The summed E-state index contributed by atoms with van der Waals surface area (Å²) >= 11 is 0. The number of carbonyl (C=O) groups excluding carboxylic acids is 1. The van der Waals surface area contributed by atoms with Gasteiger partial charge in [0, 0.05) is 10.9 Å². The van der Waals surface area contributed by atoms with E-state index in [4.69, 9.17) is 13.9 Å². The van der Waals surface area contributed by atoms with Crippen molar-refractivity contribution in [1.29, 1.82) is 0 Å². The van der Waals surface area contributed by atoms with Crippen LogP contribution < -0.4 is 10.4 Å². The Balaban J connectivity index is 0.00000208. The summed E-state index contributed by atoms with van der Waals surface area (Å²) in [5.41, 5.74) is 0.753. The van der Waals surface area contributed by atoms with Gasteiger partial charge in [0.25, 0.3) is 0 Å². The van der Waals surface area contributed by atoms with Crippen molar-refractivity contribution in [2.75, 3.05) is 13.2 Å². The Bertz CT molecular complexity index is 941. The number of hydrogen-bond acceptors (Lipinski definition) is 5. The van der Waals surface area contributed by atoms with Crippen molar-refractivity contribution < 1.29 is 24.2 Å². The number of benzene rings is 2. The van der Waals surface area contributed by atoms with Crippen molar-refractivity contribution in [2.24, 2.45) is 0 Å². The van der Waals surface area contributed by atoms with Gasteiger partial charge < -0.3 is 19.4 Å². The van der Waals surface area contributed by atoms with Crippen LogP contribution in [-0.4, -0.2) is 24.7 Å². The summed E-state index contributed by atoms with van der Waals surface area (Å²) in [6.07, 6.45) is 0. The lowest BCUT2D eigenvalue weighted by Crippen LogP contribution is -2.15. The van der Waals surface area contributed by atoms with Gasteiger partial charge in [0.2, 0.25) is 0 Å². The molecule has 24 heavy (non-hydrogen) atoms. The maximum absolute atomic E-state index is 12.1. The maximum atomic E-state index is 12.1. The zero-order valence-corrected chi connectivity index (χ0v) is 13.4. The minimum absolute atomic E-state index is 0. The summed E-state index contributed by atoms with van der Waals surface area (Å²) in [5, 5.41) is 2.21. The summed E-state index contributed by atoms with van der Waals surface area (Å²) in [7, 11) is 0. The second-order valence-electron chi connectivity index (χ2n) is 5.09. The first kappa shape index (κ1) is 17.5. The molecule has 0 spiro atoms. The van der Waals surface area contributed by atoms with Gasteiger partial charge in [0.1, 0.15) is 11.3 Å². The molecule has 3 aromatic rings. The maximum Gasteiger partial charge on any atom is 0.344 e. The fourth-order valence-corrected chi connectivity index (χ4v) is 2.56. The Hall–Kier alpha value is -2.86. The lowest BCUT2D eigenvalue weighted by molar-refractivity contribution is -0.145. The smallest absolute Gasteiger partial charge is 0.344 e. The topological polar surface area (TPSA) is 97.2 Å². The zero-order chi connectivity index (χ0) is 16.4. The lowest BCUT2D eigenvalue weighted by Gasteiger charge is -2.11. The summed E-state index contributed by atoms with van der Waals surface area (Å²) in [5.74, 6) is 0.0518. The molecule has 1 aromatic heterocycles. The Labute approximate surface area is 137 Å². The molecular formula is C18H18O6. The van der Waals surface area contributed by atoms with E-state index in [0.717, 1.165) is 10.8 Å². The van der Waals surface area contributed by atoms with Crippen LogP contribution in [0.3, 0.4) is 0 Å². The van der Waals surface area contributed by atoms with Gasteiger partial charge in [-0.3, -0.25) is 0 Å². The number of carbonyl (C=O) groups is 1. The van der Waals surface area contributed by atoms with Crippen molar-refractivity contribution >= 4 is 27.7 Å². The van der Waals surface area contributed by atoms with E-state index in [1.54, 1.807) is 32.0 Å². The second-order valence-corrected chi connectivity index (χ2v) is 5.09. The standard InChI is InChI=1S/C18H16O5.H2O/c1-3-21-16(19)10-22-15-9-8-13-12-6-4-5-7-14(12)18(20)23-17(13)11(15)2;/h4-9H,3,10H2,1-2H3;1H2. The van der Waals surface area contributed by atoms with Crippen molar-refractivity contribution in [1.82, 2.24) is 0 Å². The molecule has 0 saturated carbocycles. The molecule has 0 aliphatic rings. The normalized spacial score (nSPS) is 10.4. The molecule has 3 rings (SSSR count). The molecule has 126 valence electrons. The van der Waals surface area contributed by atoms with E-state index in [0.29, 0.717) is 28.9 Å². The molecule has 0 amide bonds.